The summed E-state index contributed by atoms with van der Waals surface area (Å²) in [5.41, 5.74) is 2.27. The monoisotopic (exact) mass is 394 g/mol. The summed E-state index contributed by atoms with van der Waals surface area (Å²) in [6.07, 6.45) is 5.29. The molecule has 0 unspecified atom stereocenters. The zero-order chi connectivity index (χ0) is 20.0. The molecule has 2 aromatic carbocycles. The fraction of sp³-hybridized carbons (Fsp3) is 0.458. The van der Waals surface area contributed by atoms with E-state index in [9.17, 15) is 9.18 Å². The summed E-state index contributed by atoms with van der Waals surface area (Å²) in [6, 6.07) is 12.4. The minimum absolute atomic E-state index is 0.0450. The van der Waals surface area contributed by atoms with E-state index in [4.69, 9.17) is 4.74 Å². The number of carbonyl (C=O) groups excluding carboxylic acids is 1. The second kappa shape index (κ2) is 7.13. The zero-order valence-electron chi connectivity index (χ0n) is 16.8. The number of nitrogens with one attached hydrogen (secondary N) is 1. The molecule has 0 radical (unpaired) electrons. The van der Waals surface area contributed by atoms with Gasteiger partial charge in [0, 0.05) is 17.1 Å². The number of rotatable bonds is 4. The van der Waals surface area contributed by atoms with E-state index in [-0.39, 0.29) is 23.2 Å². The van der Waals surface area contributed by atoms with Gasteiger partial charge in [-0.2, -0.15) is 0 Å². The normalized spacial score (nSPS) is 22.6. The van der Waals surface area contributed by atoms with Gasteiger partial charge < -0.3 is 15.0 Å². The average Bonchev–Trinajstić information content (AvgIpc) is 3.54. The van der Waals surface area contributed by atoms with Crippen molar-refractivity contribution in [3.05, 3.63) is 59.4 Å². The summed E-state index contributed by atoms with van der Waals surface area (Å²) in [5, 5.41) is 3.45. The topological polar surface area (TPSA) is 41.6 Å². The van der Waals surface area contributed by atoms with E-state index in [1.54, 1.807) is 19.2 Å². The molecule has 1 saturated heterocycles. The standard InChI is InChI=1S/C24H27FN2O2/c1-29-21-5-3-2-4-18(21)23(28)27-20-9-8-17(25)15-19(20)24(10-12-26-13-11-24)22(27)14-16-6-7-16/h2-5,8-9,15-16,22,26H,6-7,10-14H2,1H3/t22-/m1/s1. The number of piperidine rings is 1. The Balaban J connectivity index is 1.65. The molecule has 1 saturated carbocycles. The summed E-state index contributed by atoms with van der Waals surface area (Å²) in [6.45, 7) is 1.79. The third-order valence-electron chi connectivity index (χ3n) is 7.01. The minimum Gasteiger partial charge on any atom is -0.496 e. The highest BCUT2D eigenvalue weighted by Crippen LogP contribution is 2.54. The van der Waals surface area contributed by atoms with E-state index in [0.717, 1.165) is 43.6 Å². The first kappa shape index (κ1) is 18.6. The maximum Gasteiger partial charge on any atom is 0.262 e. The van der Waals surface area contributed by atoms with Crippen molar-refractivity contribution in [2.24, 2.45) is 5.92 Å². The molecule has 29 heavy (non-hydrogen) atoms. The number of benzene rings is 2. The highest BCUT2D eigenvalue weighted by atomic mass is 19.1. The van der Waals surface area contributed by atoms with Crippen LogP contribution >= 0.6 is 0 Å². The van der Waals surface area contributed by atoms with Crippen LogP contribution in [0.2, 0.25) is 0 Å². The lowest BCUT2D eigenvalue weighted by Gasteiger charge is -2.42. The van der Waals surface area contributed by atoms with Gasteiger partial charge in [0.2, 0.25) is 0 Å². The predicted molar refractivity (Wildman–Crippen MR) is 111 cm³/mol. The van der Waals surface area contributed by atoms with Gasteiger partial charge in [0.25, 0.3) is 5.91 Å². The van der Waals surface area contributed by atoms with Crippen molar-refractivity contribution in [1.82, 2.24) is 5.32 Å². The van der Waals surface area contributed by atoms with Crippen LogP contribution in [0.3, 0.4) is 0 Å². The lowest BCUT2D eigenvalue weighted by molar-refractivity contribution is 0.0957. The molecule has 2 aliphatic heterocycles. The summed E-state index contributed by atoms with van der Waals surface area (Å²) in [7, 11) is 1.59. The maximum atomic E-state index is 14.3. The quantitative estimate of drug-likeness (QED) is 0.841. The summed E-state index contributed by atoms with van der Waals surface area (Å²) in [5.74, 6) is 0.978. The van der Waals surface area contributed by atoms with Crippen molar-refractivity contribution in [1.29, 1.82) is 0 Å². The lowest BCUT2D eigenvalue weighted by Crippen LogP contribution is -2.52. The van der Waals surface area contributed by atoms with Crippen LogP contribution in [0.1, 0.15) is 48.0 Å². The molecule has 2 heterocycles. The molecule has 5 heteroatoms. The van der Waals surface area contributed by atoms with Crippen molar-refractivity contribution in [2.75, 3.05) is 25.1 Å². The van der Waals surface area contributed by atoms with Crippen molar-refractivity contribution in [3.8, 4) is 5.75 Å². The molecule has 4 nitrogen and oxygen atoms in total. The first-order valence-corrected chi connectivity index (χ1v) is 10.6. The number of methoxy groups -OCH3 is 1. The Morgan fingerprint density at radius 1 is 1.21 bits per heavy atom. The Bertz CT molecular complexity index is 934. The Hall–Kier alpha value is -2.40. The Labute approximate surface area is 171 Å². The molecule has 0 bridgehead atoms. The van der Waals surface area contributed by atoms with E-state index in [2.05, 4.69) is 5.32 Å². The van der Waals surface area contributed by atoms with Gasteiger partial charge >= 0.3 is 0 Å². The van der Waals surface area contributed by atoms with Gasteiger partial charge in [-0.15, -0.1) is 0 Å². The first-order chi connectivity index (χ1) is 14.1. The molecule has 5 rings (SSSR count). The highest BCUT2D eigenvalue weighted by molar-refractivity contribution is 6.10. The molecule has 152 valence electrons. The van der Waals surface area contributed by atoms with E-state index in [0.29, 0.717) is 17.2 Å². The van der Waals surface area contributed by atoms with Gasteiger partial charge in [0.1, 0.15) is 11.6 Å². The minimum atomic E-state index is -0.224. The van der Waals surface area contributed by atoms with Crippen molar-refractivity contribution >= 4 is 11.6 Å². The molecule has 1 N–H and O–H groups in total. The van der Waals surface area contributed by atoms with E-state index < -0.39 is 0 Å². The second-order valence-corrected chi connectivity index (χ2v) is 8.64. The van der Waals surface area contributed by atoms with Crippen LogP contribution < -0.4 is 15.0 Å². The summed E-state index contributed by atoms with van der Waals surface area (Å²) in [4.78, 5) is 15.8. The average molecular weight is 394 g/mol. The van der Waals surface area contributed by atoms with Gasteiger partial charge in [0.05, 0.1) is 12.7 Å². The van der Waals surface area contributed by atoms with Crippen molar-refractivity contribution < 1.29 is 13.9 Å². The van der Waals surface area contributed by atoms with E-state index >= 15 is 0 Å². The third-order valence-corrected chi connectivity index (χ3v) is 7.01. The van der Waals surface area contributed by atoms with Gasteiger partial charge in [-0.3, -0.25) is 4.79 Å². The number of ether oxygens (including phenoxy) is 1. The van der Waals surface area contributed by atoms with Gasteiger partial charge in [-0.25, -0.2) is 4.39 Å². The summed E-state index contributed by atoms with van der Waals surface area (Å²) < 4.78 is 19.8. The van der Waals surface area contributed by atoms with Crippen LogP contribution in [0.15, 0.2) is 42.5 Å². The third kappa shape index (κ3) is 3.03. The molecule has 1 aliphatic carbocycles. The number of hydrogen-bond acceptors (Lipinski definition) is 3. The van der Waals surface area contributed by atoms with Crippen molar-refractivity contribution in [3.63, 3.8) is 0 Å². The van der Waals surface area contributed by atoms with Crippen LogP contribution in [0.4, 0.5) is 10.1 Å². The Morgan fingerprint density at radius 2 is 1.97 bits per heavy atom. The molecule has 1 amide bonds. The van der Waals surface area contributed by atoms with Crippen LogP contribution in [0, 0.1) is 11.7 Å². The van der Waals surface area contributed by atoms with Crippen LogP contribution in [-0.2, 0) is 5.41 Å². The van der Waals surface area contributed by atoms with Crippen LogP contribution in [0.5, 0.6) is 5.75 Å². The first-order valence-electron chi connectivity index (χ1n) is 10.6. The number of nitrogens with zero attached hydrogens (tertiary/aromatic N) is 1. The molecular weight excluding hydrogens is 367 g/mol. The number of para-hydroxylation sites is 1. The number of fused-ring (bicyclic) bond motifs is 2. The van der Waals surface area contributed by atoms with Crippen LogP contribution in [0.25, 0.3) is 0 Å². The smallest absolute Gasteiger partial charge is 0.262 e. The number of amides is 1. The number of anilines is 1. The molecule has 3 aliphatic rings. The van der Waals surface area contributed by atoms with E-state index in [1.165, 1.54) is 18.9 Å². The molecule has 1 spiro atoms. The number of carbonyl (C=O) groups is 1. The molecule has 1 atom stereocenters. The SMILES string of the molecule is COc1ccccc1C(=O)N1c2ccc(F)cc2C2(CCNCC2)[C@H]1CC1CC1. The number of hydrogen-bond donors (Lipinski definition) is 1. The zero-order valence-corrected chi connectivity index (χ0v) is 16.8. The maximum absolute atomic E-state index is 14.3. The van der Waals surface area contributed by atoms with Crippen LogP contribution in [-0.4, -0.2) is 32.1 Å². The highest BCUT2D eigenvalue weighted by Gasteiger charge is 2.54. The predicted octanol–water partition coefficient (Wildman–Crippen LogP) is 4.28. The summed E-state index contributed by atoms with van der Waals surface area (Å²) >= 11 is 0. The fourth-order valence-corrected chi connectivity index (χ4v) is 5.39. The Morgan fingerprint density at radius 3 is 2.69 bits per heavy atom. The van der Waals surface area contributed by atoms with Crippen molar-refractivity contribution in [2.45, 2.75) is 43.6 Å². The van der Waals surface area contributed by atoms with Gasteiger partial charge in [0.15, 0.2) is 0 Å². The van der Waals surface area contributed by atoms with Gasteiger partial charge in [-0.05, 0) is 74.2 Å². The molecule has 0 aromatic heterocycles. The number of halogens is 1. The Kier molecular flexibility index (Phi) is 4.58. The van der Waals surface area contributed by atoms with E-state index in [1.807, 2.05) is 29.2 Å². The largest absolute Gasteiger partial charge is 0.496 e. The molecular formula is C24H27FN2O2. The fourth-order valence-electron chi connectivity index (χ4n) is 5.39. The second-order valence-electron chi connectivity index (χ2n) is 8.64. The molecule has 2 aromatic rings. The lowest BCUT2D eigenvalue weighted by atomic mass is 9.68. The van der Waals surface area contributed by atoms with Gasteiger partial charge in [-0.1, -0.05) is 25.0 Å². The molecule has 2 fully saturated rings.